The zero-order chi connectivity index (χ0) is 40.6. The van der Waals surface area contributed by atoms with Crippen LogP contribution in [0.25, 0.3) is 21.8 Å². The SMILES string of the molecule is CCN.CCNC(=O)Cc1ccc2nc(N)nc(C(=O)N3Cc4ccccc4C3)c2c1.Nc1nc(C(=O)N2Cc3ccccc3C2)c2cc(CC(=O)O)ccc2n1. The van der Waals surface area contributed by atoms with Crippen molar-refractivity contribution in [3.63, 3.8) is 0 Å². The predicted molar refractivity (Wildman–Crippen MR) is 216 cm³/mol. The second-order valence-corrected chi connectivity index (χ2v) is 13.5. The van der Waals surface area contributed by atoms with Crippen molar-refractivity contribution in [3.05, 3.63) is 130 Å². The van der Waals surface area contributed by atoms with Crippen LogP contribution in [0.4, 0.5) is 11.9 Å². The van der Waals surface area contributed by atoms with E-state index in [4.69, 9.17) is 22.3 Å². The van der Waals surface area contributed by atoms with Gasteiger partial charge in [0.2, 0.25) is 17.8 Å². The van der Waals surface area contributed by atoms with Crippen molar-refractivity contribution in [1.29, 1.82) is 0 Å². The average molecular weight is 769 g/mol. The number of nitrogens with one attached hydrogen (secondary N) is 1. The van der Waals surface area contributed by atoms with Gasteiger partial charge in [-0.25, -0.2) is 19.9 Å². The highest BCUT2D eigenvalue weighted by Crippen LogP contribution is 2.28. The fraction of sp³-hybridized carbons (Fsp3) is 0.238. The van der Waals surface area contributed by atoms with Gasteiger partial charge in [-0.15, -0.1) is 0 Å². The van der Waals surface area contributed by atoms with E-state index in [0.29, 0.717) is 60.1 Å². The number of likely N-dealkylation sites (N-methyl/N-ethyl adjacent to an activating group) is 1. The fourth-order valence-corrected chi connectivity index (χ4v) is 6.81. The van der Waals surface area contributed by atoms with E-state index in [2.05, 4.69) is 25.3 Å². The van der Waals surface area contributed by atoms with Gasteiger partial charge in [0.25, 0.3) is 11.8 Å². The maximum Gasteiger partial charge on any atom is 0.307 e. The van der Waals surface area contributed by atoms with Gasteiger partial charge in [-0.1, -0.05) is 67.6 Å². The average Bonchev–Trinajstić information content (AvgIpc) is 3.83. The van der Waals surface area contributed by atoms with Crippen LogP contribution in [0, 0.1) is 0 Å². The number of carbonyl (C=O) groups is 4. The molecule has 2 aromatic heterocycles. The zero-order valence-corrected chi connectivity index (χ0v) is 31.7. The first-order valence-electron chi connectivity index (χ1n) is 18.5. The van der Waals surface area contributed by atoms with E-state index in [1.54, 1.807) is 40.1 Å². The Labute approximate surface area is 328 Å². The number of fused-ring (bicyclic) bond motifs is 4. The number of nitrogen functional groups attached to an aromatic ring is 2. The molecule has 8 N–H and O–H groups in total. The van der Waals surface area contributed by atoms with Crippen LogP contribution < -0.4 is 22.5 Å². The summed E-state index contributed by atoms with van der Waals surface area (Å²) in [6, 6.07) is 26.3. The van der Waals surface area contributed by atoms with Crippen molar-refractivity contribution in [2.75, 3.05) is 24.6 Å². The van der Waals surface area contributed by atoms with Crippen molar-refractivity contribution in [2.24, 2.45) is 5.73 Å². The molecule has 0 saturated heterocycles. The first-order chi connectivity index (χ1) is 27.5. The monoisotopic (exact) mass is 768 g/mol. The fourth-order valence-electron chi connectivity index (χ4n) is 6.81. The number of amides is 3. The normalized spacial score (nSPS) is 12.5. The maximum atomic E-state index is 13.2. The van der Waals surface area contributed by atoms with Gasteiger partial charge in [-0.3, -0.25) is 19.2 Å². The van der Waals surface area contributed by atoms with E-state index in [1.807, 2.05) is 68.4 Å². The van der Waals surface area contributed by atoms with Crippen LogP contribution in [0.1, 0.15) is 68.2 Å². The molecule has 2 aliphatic heterocycles. The van der Waals surface area contributed by atoms with Gasteiger partial charge in [0.15, 0.2) is 0 Å². The molecule has 292 valence electrons. The Hall–Kier alpha value is -7.00. The van der Waals surface area contributed by atoms with E-state index in [9.17, 15) is 19.2 Å². The molecule has 3 amide bonds. The molecule has 0 radical (unpaired) electrons. The molecule has 2 aliphatic rings. The molecule has 0 atom stereocenters. The van der Waals surface area contributed by atoms with Crippen LogP contribution >= 0.6 is 0 Å². The van der Waals surface area contributed by atoms with Gasteiger partial charge in [0, 0.05) is 43.5 Å². The minimum absolute atomic E-state index is 0.0172. The van der Waals surface area contributed by atoms with Gasteiger partial charge in [0.1, 0.15) is 11.4 Å². The van der Waals surface area contributed by atoms with Crippen molar-refractivity contribution in [1.82, 2.24) is 35.1 Å². The van der Waals surface area contributed by atoms with Gasteiger partial charge in [0.05, 0.1) is 23.9 Å². The molecule has 0 aliphatic carbocycles. The third-order valence-corrected chi connectivity index (χ3v) is 9.31. The minimum Gasteiger partial charge on any atom is -0.481 e. The Kier molecular flexibility index (Phi) is 12.3. The number of nitrogens with zero attached hydrogens (tertiary/aromatic N) is 6. The second kappa shape index (κ2) is 17.6. The molecule has 8 rings (SSSR count). The number of anilines is 2. The number of carboxylic acid groups (broad SMARTS) is 1. The summed E-state index contributed by atoms with van der Waals surface area (Å²) in [5.74, 6) is -1.37. The van der Waals surface area contributed by atoms with Gasteiger partial charge < -0.3 is 37.4 Å². The first kappa shape index (κ1) is 39.7. The van der Waals surface area contributed by atoms with Crippen molar-refractivity contribution >= 4 is 57.4 Å². The lowest BCUT2D eigenvalue weighted by atomic mass is 10.1. The summed E-state index contributed by atoms with van der Waals surface area (Å²) in [5, 5.41) is 12.9. The largest absolute Gasteiger partial charge is 0.481 e. The number of nitrogens with two attached hydrogens (primary N) is 3. The maximum absolute atomic E-state index is 13.2. The Morgan fingerprint density at radius 2 is 1.02 bits per heavy atom. The molecule has 15 nitrogen and oxygen atoms in total. The quantitative estimate of drug-likeness (QED) is 0.155. The second-order valence-electron chi connectivity index (χ2n) is 13.5. The standard InChI is InChI=1S/C21H21N5O2.C19H16N4O3.C2H7N/c1-2-23-18(27)10-13-7-8-17-16(9-13)19(25-21(22)24-17)20(28)26-11-14-5-3-4-6-15(14)12-26;20-19-21-15-6-5-11(8-16(24)25)7-14(15)17(22-19)18(26)23-9-12-3-1-2-4-13(12)10-23;1-2-3/h3-9H,2,10-12H2,1H3,(H,23,27)(H2,22,24,25);1-7H,8-10H2,(H,24,25)(H2,20,21,22);2-3H2,1H3. The zero-order valence-electron chi connectivity index (χ0n) is 31.7. The molecule has 6 aromatic rings. The molecule has 4 aromatic carbocycles. The lowest BCUT2D eigenvalue weighted by Crippen LogP contribution is -2.27. The molecule has 0 bridgehead atoms. The number of hydrogen-bond donors (Lipinski definition) is 5. The Balaban J connectivity index is 0.000000181. The van der Waals surface area contributed by atoms with E-state index >= 15 is 0 Å². The number of hydrogen-bond acceptors (Lipinski definition) is 11. The smallest absolute Gasteiger partial charge is 0.307 e. The van der Waals surface area contributed by atoms with Crippen LogP contribution in [0.5, 0.6) is 0 Å². The number of benzene rings is 4. The van der Waals surface area contributed by atoms with E-state index in [1.165, 1.54) is 0 Å². The molecule has 0 unspecified atom stereocenters. The Bertz CT molecular complexity index is 2440. The topological polar surface area (TPSA) is 237 Å². The third-order valence-electron chi connectivity index (χ3n) is 9.31. The van der Waals surface area contributed by atoms with Crippen LogP contribution in [-0.2, 0) is 48.6 Å². The van der Waals surface area contributed by atoms with Crippen molar-refractivity contribution in [3.8, 4) is 0 Å². The molecule has 57 heavy (non-hydrogen) atoms. The lowest BCUT2D eigenvalue weighted by Gasteiger charge is -2.16. The third kappa shape index (κ3) is 9.28. The number of aliphatic carboxylic acids is 1. The first-order valence-corrected chi connectivity index (χ1v) is 18.5. The number of rotatable bonds is 7. The molecular weight excluding hydrogens is 725 g/mol. The summed E-state index contributed by atoms with van der Waals surface area (Å²) in [4.78, 5) is 69.4. The van der Waals surface area contributed by atoms with E-state index < -0.39 is 5.97 Å². The number of aromatic nitrogens is 4. The van der Waals surface area contributed by atoms with Crippen LogP contribution in [-0.4, -0.2) is 71.6 Å². The predicted octanol–water partition coefficient (Wildman–Crippen LogP) is 4.01. The van der Waals surface area contributed by atoms with Gasteiger partial charge in [-0.05, 0) is 71.1 Å². The molecule has 4 heterocycles. The summed E-state index contributed by atoms with van der Waals surface area (Å²) in [5.41, 5.74) is 23.9. The summed E-state index contributed by atoms with van der Waals surface area (Å²) in [7, 11) is 0. The van der Waals surface area contributed by atoms with E-state index in [-0.39, 0.29) is 53.8 Å². The minimum atomic E-state index is -0.941. The van der Waals surface area contributed by atoms with Crippen LogP contribution in [0.3, 0.4) is 0 Å². The van der Waals surface area contributed by atoms with Crippen molar-refractivity contribution < 1.29 is 24.3 Å². The Morgan fingerprint density at radius 1 is 0.632 bits per heavy atom. The summed E-state index contributed by atoms with van der Waals surface area (Å²) >= 11 is 0. The highest BCUT2D eigenvalue weighted by atomic mass is 16.4. The molecule has 0 fully saturated rings. The highest BCUT2D eigenvalue weighted by molar-refractivity contribution is 6.06. The summed E-state index contributed by atoms with van der Waals surface area (Å²) < 4.78 is 0. The number of carbonyl (C=O) groups excluding carboxylic acids is 3. The Morgan fingerprint density at radius 3 is 1.39 bits per heavy atom. The van der Waals surface area contributed by atoms with Gasteiger partial charge >= 0.3 is 5.97 Å². The molecule has 0 spiro atoms. The van der Waals surface area contributed by atoms with E-state index in [0.717, 1.165) is 34.4 Å². The molecular formula is C42H44N10O5. The van der Waals surface area contributed by atoms with Crippen LogP contribution in [0.2, 0.25) is 0 Å². The highest BCUT2D eigenvalue weighted by Gasteiger charge is 2.28. The van der Waals surface area contributed by atoms with Crippen molar-refractivity contribution in [2.45, 2.75) is 52.9 Å². The summed E-state index contributed by atoms with van der Waals surface area (Å²) in [6.07, 6.45) is 0.0973. The molecule has 15 heteroatoms. The molecule has 0 saturated carbocycles. The van der Waals surface area contributed by atoms with Crippen LogP contribution in [0.15, 0.2) is 84.9 Å². The lowest BCUT2D eigenvalue weighted by molar-refractivity contribution is -0.136. The summed E-state index contributed by atoms with van der Waals surface area (Å²) in [6.45, 7) is 7.20. The van der Waals surface area contributed by atoms with Gasteiger partial charge in [-0.2, -0.15) is 0 Å². The number of carboxylic acids is 1.